The number of fused-ring (bicyclic) bond motifs is 1. The molecule has 1 aliphatic carbocycles. The summed E-state index contributed by atoms with van der Waals surface area (Å²) >= 11 is 0. The van der Waals surface area contributed by atoms with Gasteiger partial charge in [-0.2, -0.15) is 0 Å². The van der Waals surface area contributed by atoms with Gasteiger partial charge < -0.3 is 28.5 Å². The third-order valence-electron chi connectivity index (χ3n) is 6.10. The van der Waals surface area contributed by atoms with E-state index in [2.05, 4.69) is 0 Å². The number of likely N-dealkylation sites (tertiary alicyclic amines) is 1. The number of carbonyl (C=O) groups excluding carboxylic acids is 2. The summed E-state index contributed by atoms with van der Waals surface area (Å²) < 4.78 is 29.2. The number of rotatable bonds is 3. The Morgan fingerprint density at radius 2 is 1.67 bits per heavy atom. The molecule has 0 radical (unpaired) electrons. The lowest BCUT2D eigenvalue weighted by atomic mass is 9.82. The third-order valence-corrected chi connectivity index (χ3v) is 6.10. The molecular formula is C19H31NO7. The smallest absolute Gasteiger partial charge is 0.410 e. The summed E-state index contributed by atoms with van der Waals surface area (Å²) in [6, 6.07) is 0. The molecule has 2 aliphatic heterocycles. The van der Waals surface area contributed by atoms with E-state index in [-0.39, 0.29) is 6.54 Å². The molecule has 0 bridgehead atoms. The van der Waals surface area contributed by atoms with Crippen molar-refractivity contribution in [1.82, 2.24) is 4.90 Å². The molecule has 27 heavy (non-hydrogen) atoms. The molecule has 0 N–H and O–H groups in total. The fourth-order valence-corrected chi connectivity index (χ4v) is 4.17. The second kappa shape index (κ2) is 6.40. The summed E-state index contributed by atoms with van der Waals surface area (Å²) in [4.78, 5) is 26.6. The summed E-state index contributed by atoms with van der Waals surface area (Å²) in [6.07, 6.45) is 0.828. The van der Waals surface area contributed by atoms with E-state index < -0.39 is 46.9 Å². The Balaban J connectivity index is 1.93. The van der Waals surface area contributed by atoms with Crippen molar-refractivity contribution in [2.24, 2.45) is 5.92 Å². The fourth-order valence-electron chi connectivity index (χ4n) is 4.17. The van der Waals surface area contributed by atoms with Crippen molar-refractivity contribution < 1.29 is 33.3 Å². The highest BCUT2D eigenvalue weighted by atomic mass is 16.8. The van der Waals surface area contributed by atoms with Crippen LogP contribution in [0, 0.1) is 5.92 Å². The van der Waals surface area contributed by atoms with E-state index in [9.17, 15) is 9.59 Å². The maximum Gasteiger partial charge on any atom is 0.410 e. The number of hydrogen-bond donors (Lipinski definition) is 0. The minimum absolute atomic E-state index is 0.267. The van der Waals surface area contributed by atoms with Crippen molar-refractivity contribution in [2.75, 3.05) is 20.8 Å². The normalized spacial score (nSPS) is 40.4. The zero-order chi connectivity index (χ0) is 20.3. The molecule has 154 valence electrons. The fraction of sp³-hybridized carbons (Fsp3) is 0.895. The van der Waals surface area contributed by atoms with Gasteiger partial charge >= 0.3 is 6.09 Å². The molecule has 3 fully saturated rings. The van der Waals surface area contributed by atoms with Gasteiger partial charge in [-0.25, -0.2) is 4.79 Å². The highest BCUT2D eigenvalue weighted by molar-refractivity contribution is 5.73. The van der Waals surface area contributed by atoms with Crippen molar-refractivity contribution in [1.29, 1.82) is 0 Å². The molecule has 0 aromatic rings. The minimum Gasteiger partial charge on any atom is -0.444 e. The molecule has 2 saturated heterocycles. The van der Waals surface area contributed by atoms with E-state index in [1.54, 1.807) is 18.7 Å². The molecule has 1 amide bonds. The van der Waals surface area contributed by atoms with Gasteiger partial charge in [-0.3, -0.25) is 4.90 Å². The lowest BCUT2D eigenvalue weighted by Gasteiger charge is -2.57. The van der Waals surface area contributed by atoms with Crippen molar-refractivity contribution in [3.8, 4) is 0 Å². The SMILES string of the molecule is COC1(C)OC2CN(C(=O)OC(C)(C)C)C3(CC3)C(C=O)C2OC1(C)OC. The van der Waals surface area contributed by atoms with Crippen LogP contribution in [-0.2, 0) is 28.5 Å². The van der Waals surface area contributed by atoms with E-state index in [1.807, 2.05) is 20.8 Å². The van der Waals surface area contributed by atoms with E-state index in [1.165, 1.54) is 14.2 Å². The number of methoxy groups -OCH3 is 2. The largest absolute Gasteiger partial charge is 0.444 e. The van der Waals surface area contributed by atoms with Crippen LogP contribution in [-0.4, -0.2) is 73.0 Å². The quantitative estimate of drug-likeness (QED) is 0.688. The van der Waals surface area contributed by atoms with Crippen LogP contribution >= 0.6 is 0 Å². The zero-order valence-electron chi connectivity index (χ0n) is 17.2. The summed E-state index contributed by atoms with van der Waals surface area (Å²) in [7, 11) is 3.02. The summed E-state index contributed by atoms with van der Waals surface area (Å²) in [6.45, 7) is 9.18. The van der Waals surface area contributed by atoms with E-state index >= 15 is 0 Å². The molecule has 5 atom stereocenters. The average Bonchev–Trinajstić information content (AvgIpc) is 3.35. The van der Waals surface area contributed by atoms with Gasteiger partial charge in [0.2, 0.25) is 11.6 Å². The van der Waals surface area contributed by atoms with Crippen molar-refractivity contribution in [3.05, 3.63) is 0 Å². The molecule has 8 heteroatoms. The van der Waals surface area contributed by atoms with Crippen LogP contribution in [0.2, 0.25) is 0 Å². The number of ether oxygens (including phenoxy) is 5. The molecule has 1 saturated carbocycles. The van der Waals surface area contributed by atoms with Crippen LogP contribution < -0.4 is 0 Å². The lowest BCUT2D eigenvalue weighted by Crippen LogP contribution is -2.73. The van der Waals surface area contributed by atoms with Gasteiger partial charge in [-0.1, -0.05) is 0 Å². The van der Waals surface area contributed by atoms with Crippen molar-refractivity contribution in [3.63, 3.8) is 0 Å². The monoisotopic (exact) mass is 385 g/mol. The van der Waals surface area contributed by atoms with E-state index in [0.717, 1.165) is 19.1 Å². The van der Waals surface area contributed by atoms with Gasteiger partial charge in [-0.15, -0.1) is 0 Å². The van der Waals surface area contributed by atoms with Gasteiger partial charge in [-0.05, 0) is 47.5 Å². The first kappa shape index (κ1) is 20.5. The molecule has 0 aromatic heterocycles. The van der Waals surface area contributed by atoms with Crippen LogP contribution in [0.25, 0.3) is 0 Å². The molecule has 8 nitrogen and oxygen atoms in total. The molecule has 5 unspecified atom stereocenters. The van der Waals surface area contributed by atoms with Crippen LogP contribution in [0.15, 0.2) is 0 Å². The number of amides is 1. The topological polar surface area (TPSA) is 83.5 Å². The van der Waals surface area contributed by atoms with Gasteiger partial charge in [0, 0.05) is 14.2 Å². The first-order valence-corrected chi connectivity index (χ1v) is 9.37. The first-order chi connectivity index (χ1) is 12.5. The third kappa shape index (κ3) is 3.16. The number of aldehydes is 1. The minimum atomic E-state index is -1.19. The second-order valence-corrected chi connectivity index (χ2v) is 8.89. The Bertz CT molecular complexity index is 614. The van der Waals surface area contributed by atoms with E-state index in [0.29, 0.717) is 0 Å². The number of nitrogens with zero attached hydrogens (tertiary/aromatic N) is 1. The van der Waals surface area contributed by atoms with Gasteiger partial charge in [0.1, 0.15) is 24.1 Å². The maximum atomic E-state index is 12.9. The van der Waals surface area contributed by atoms with Crippen molar-refractivity contribution in [2.45, 2.75) is 82.4 Å². The number of carbonyl (C=O) groups is 2. The maximum absolute atomic E-state index is 12.9. The molecular weight excluding hydrogens is 354 g/mol. The summed E-state index contributed by atoms with van der Waals surface area (Å²) in [5.74, 6) is -2.90. The highest BCUT2D eigenvalue weighted by Gasteiger charge is 2.68. The molecule has 0 aromatic carbocycles. The summed E-state index contributed by atoms with van der Waals surface area (Å²) in [5, 5.41) is 0. The Kier molecular flexibility index (Phi) is 4.86. The number of piperidine rings is 1. The van der Waals surface area contributed by atoms with Gasteiger partial charge in [0.25, 0.3) is 0 Å². The van der Waals surface area contributed by atoms with Crippen LogP contribution in [0.1, 0.15) is 47.5 Å². The van der Waals surface area contributed by atoms with Gasteiger partial charge in [0.15, 0.2) is 0 Å². The molecule has 1 spiro atoms. The Morgan fingerprint density at radius 3 is 2.11 bits per heavy atom. The average molecular weight is 385 g/mol. The highest BCUT2D eigenvalue weighted by Crippen LogP contribution is 2.55. The van der Waals surface area contributed by atoms with Crippen LogP contribution in [0.4, 0.5) is 4.79 Å². The molecule has 2 heterocycles. The lowest BCUT2D eigenvalue weighted by molar-refractivity contribution is -0.456. The second-order valence-electron chi connectivity index (χ2n) is 8.89. The Labute approximate surface area is 160 Å². The Hall–Kier alpha value is -1.22. The first-order valence-electron chi connectivity index (χ1n) is 9.37. The predicted molar refractivity (Wildman–Crippen MR) is 95.0 cm³/mol. The van der Waals surface area contributed by atoms with Crippen LogP contribution in [0.5, 0.6) is 0 Å². The standard InChI is InChI=1S/C19H31NO7/c1-16(2,3)27-15(22)20-10-13-14(12(11-21)19(20)8-9-19)26-18(5,24-7)17(4,23-6)25-13/h11-14H,8-10H2,1-7H3. The molecule has 3 rings (SSSR count). The Morgan fingerprint density at radius 1 is 1.11 bits per heavy atom. The zero-order valence-corrected chi connectivity index (χ0v) is 17.2. The van der Waals surface area contributed by atoms with E-state index in [4.69, 9.17) is 23.7 Å². The van der Waals surface area contributed by atoms with Crippen molar-refractivity contribution >= 4 is 12.4 Å². The van der Waals surface area contributed by atoms with Gasteiger partial charge in [0.05, 0.1) is 18.0 Å². The predicted octanol–water partition coefficient (Wildman–Crippen LogP) is 2.09. The number of hydrogen-bond acceptors (Lipinski definition) is 7. The summed E-state index contributed by atoms with van der Waals surface area (Å²) in [5.41, 5.74) is -1.20. The van der Waals surface area contributed by atoms with Crippen LogP contribution in [0.3, 0.4) is 0 Å². The molecule has 3 aliphatic rings.